The molecule has 0 fully saturated rings. The van der Waals surface area contributed by atoms with Gasteiger partial charge in [-0.2, -0.15) is 18.3 Å². The highest BCUT2D eigenvalue weighted by atomic mass is 32.1. The van der Waals surface area contributed by atoms with Crippen molar-refractivity contribution in [2.75, 3.05) is 0 Å². The number of aromatic amines is 1. The lowest BCUT2D eigenvalue weighted by molar-refractivity contribution is -0.127. The largest absolute Gasteiger partial charge is 0.394 e. The maximum absolute atomic E-state index is 12.5. The van der Waals surface area contributed by atoms with Crippen molar-refractivity contribution in [3.63, 3.8) is 0 Å². The standard InChI is InChI=1S/C14H11F3N4O2S/c1-7-2-9-12(23)18-11(19-13(9)24-7)5-21-4-8(6-22)10(20-21)3-14(15,16)17/h2,4,6H,3,5H2,1H3,(H,18,19,23). The van der Waals surface area contributed by atoms with Crippen LogP contribution in [0.4, 0.5) is 13.2 Å². The van der Waals surface area contributed by atoms with Crippen molar-refractivity contribution in [3.05, 3.63) is 44.6 Å². The average Bonchev–Trinajstić information content (AvgIpc) is 3.00. The first-order chi connectivity index (χ1) is 11.2. The van der Waals surface area contributed by atoms with E-state index in [-0.39, 0.29) is 29.2 Å². The molecule has 0 radical (unpaired) electrons. The summed E-state index contributed by atoms with van der Waals surface area (Å²) in [5.41, 5.74) is -0.812. The number of carbonyl (C=O) groups is 1. The van der Waals surface area contributed by atoms with Gasteiger partial charge in [0.15, 0.2) is 6.29 Å². The Kier molecular flexibility index (Phi) is 3.99. The molecule has 24 heavy (non-hydrogen) atoms. The molecule has 3 aromatic rings. The third kappa shape index (κ3) is 3.37. The summed E-state index contributed by atoms with van der Waals surface area (Å²) in [6.07, 6.45) is -4.22. The molecular formula is C14H11F3N4O2S. The van der Waals surface area contributed by atoms with Gasteiger partial charge in [-0.25, -0.2) is 4.98 Å². The molecule has 0 atom stereocenters. The molecule has 6 nitrogen and oxygen atoms in total. The van der Waals surface area contributed by atoms with Gasteiger partial charge in [-0.05, 0) is 13.0 Å². The first-order valence-corrected chi connectivity index (χ1v) is 7.64. The van der Waals surface area contributed by atoms with E-state index in [1.165, 1.54) is 17.5 Å². The smallest absolute Gasteiger partial charge is 0.308 e. The Morgan fingerprint density at radius 1 is 1.42 bits per heavy atom. The lowest BCUT2D eigenvalue weighted by Gasteiger charge is -2.04. The number of hydrogen-bond donors (Lipinski definition) is 1. The van der Waals surface area contributed by atoms with Crippen molar-refractivity contribution in [1.29, 1.82) is 0 Å². The van der Waals surface area contributed by atoms with Crippen LogP contribution >= 0.6 is 11.3 Å². The van der Waals surface area contributed by atoms with E-state index >= 15 is 0 Å². The fourth-order valence-corrected chi connectivity index (χ4v) is 3.21. The van der Waals surface area contributed by atoms with Crippen molar-refractivity contribution in [3.8, 4) is 0 Å². The molecule has 3 heterocycles. The van der Waals surface area contributed by atoms with Crippen molar-refractivity contribution < 1.29 is 18.0 Å². The Bertz CT molecular complexity index is 971. The topological polar surface area (TPSA) is 80.6 Å². The van der Waals surface area contributed by atoms with Gasteiger partial charge in [-0.15, -0.1) is 11.3 Å². The maximum atomic E-state index is 12.5. The molecule has 0 aliphatic heterocycles. The van der Waals surface area contributed by atoms with Gasteiger partial charge in [0, 0.05) is 11.1 Å². The lowest BCUT2D eigenvalue weighted by atomic mass is 10.2. The zero-order valence-electron chi connectivity index (χ0n) is 12.3. The number of thiophene rings is 1. The van der Waals surface area contributed by atoms with Crippen LogP contribution in [0.15, 0.2) is 17.1 Å². The molecule has 0 unspecified atom stereocenters. The SMILES string of the molecule is Cc1cc2c(=O)[nH]c(Cn3cc(C=O)c(CC(F)(F)F)n3)nc2s1. The Morgan fingerprint density at radius 3 is 2.83 bits per heavy atom. The summed E-state index contributed by atoms with van der Waals surface area (Å²) in [6, 6.07) is 1.72. The van der Waals surface area contributed by atoms with Gasteiger partial charge in [-0.1, -0.05) is 0 Å². The number of carbonyl (C=O) groups excluding carboxylic acids is 1. The van der Waals surface area contributed by atoms with E-state index in [9.17, 15) is 22.8 Å². The summed E-state index contributed by atoms with van der Waals surface area (Å²) in [4.78, 5) is 31.2. The molecule has 0 saturated heterocycles. The van der Waals surface area contributed by atoms with E-state index in [1.807, 2.05) is 6.92 Å². The second-order valence-electron chi connectivity index (χ2n) is 5.23. The molecule has 10 heteroatoms. The zero-order valence-corrected chi connectivity index (χ0v) is 13.2. The molecule has 0 aromatic carbocycles. The van der Waals surface area contributed by atoms with Crippen LogP contribution in [0.2, 0.25) is 0 Å². The number of halogens is 3. The third-order valence-corrected chi connectivity index (χ3v) is 4.20. The number of fused-ring (bicyclic) bond motifs is 1. The Morgan fingerprint density at radius 2 is 2.17 bits per heavy atom. The molecule has 0 saturated carbocycles. The van der Waals surface area contributed by atoms with Gasteiger partial charge in [0.1, 0.15) is 10.7 Å². The second kappa shape index (κ2) is 5.86. The Balaban J connectivity index is 1.93. The van der Waals surface area contributed by atoms with Crippen LogP contribution in [-0.2, 0) is 13.0 Å². The Labute approximate surface area is 137 Å². The third-order valence-electron chi connectivity index (χ3n) is 3.25. The summed E-state index contributed by atoms with van der Waals surface area (Å²) in [5, 5.41) is 4.25. The van der Waals surface area contributed by atoms with Crippen LogP contribution in [-0.4, -0.2) is 32.2 Å². The number of aldehydes is 1. The highest BCUT2D eigenvalue weighted by Crippen LogP contribution is 2.22. The monoisotopic (exact) mass is 356 g/mol. The number of H-pyrrole nitrogens is 1. The number of nitrogens with one attached hydrogen (secondary N) is 1. The van der Waals surface area contributed by atoms with Gasteiger partial charge in [0.2, 0.25) is 0 Å². The summed E-state index contributed by atoms with van der Waals surface area (Å²) < 4.78 is 38.7. The fraction of sp³-hybridized carbons (Fsp3) is 0.286. The zero-order chi connectivity index (χ0) is 17.5. The number of aryl methyl sites for hydroxylation is 1. The van der Waals surface area contributed by atoms with E-state index in [0.717, 1.165) is 9.56 Å². The summed E-state index contributed by atoms with van der Waals surface area (Å²) in [5.74, 6) is 0.257. The van der Waals surface area contributed by atoms with E-state index < -0.39 is 12.6 Å². The normalized spacial score (nSPS) is 12.0. The quantitative estimate of drug-likeness (QED) is 0.728. The molecule has 126 valence electrons. The first kappa shape index (κ1) is 16.4. The van der Waals surface area contributed by atoms with E-state index in [4.69, 9.17) is 0 Å². The number of hydrogen-bond acceptors (Lipinski definition) is 5. The molecule has 0 aliphatic carbocycles. The average molecular weight is 356 g/mol. The molecule has 0 bridgehead atoms. The minimum atomic E-state index is -4.46. The molecular weight excluding hydrogens is 345 g/mol. The van der Waals surface area contributed by atoms with Crippen LogP contribution in [0.5, 0.6) is 0 Å². The van der Waals surface area contributed by atoms with Crippen LogP contribution in [0.25, 0.3) is 10.2 Å². The lowest BCUT2D eigenvalue weighted by Crippen LogP contribution is -2.15. The maximum Gasteiger partial charge on any atom is 0.394 e. The number of aromatic nitrogens is 4. The van der Waals surface area contributed by atoms with Gasteiger partial charge in [0.25, 0.3) is 5.56 Å². The predicted molar refractivity (Wildman–Crippen MR) is 81.5 cm³/mol. The molecule has 3 aromatic heterocycles. The second-order valence-corrected chi connectivity index (χ2v) is 6.46. The van der Waals surface area contributed by atoms with Crippen LogP contribution in [0.3, 0.4) is 0 Å². The van der Waals surface area contributed by atoms with Crippen molar-refractivity contribution in [2.24, 2.45) is 0 Å². The van der Waals surface area contributed by atoms with Crippen molar-refractivity contribution >= 4 is 27.8 Å². The van der Waals surface area contributed by atoms with Gasteiger partial charge < -0.3 is 4.98 Å². The molecule has 1 N–H and O–H groups in total. The minimum absolute atomic E-state index is 0.0408. The van der Waals surface area contributed by atoms with Crippen LogP contribution < -0.4 is 5.56 Å². The van der Waals surface area contributed by atoms with Crippen molar-refractivity contribution in [2.45, 2.75) is 26.1 Å². The molecule has 0 spiro atoms. The van der Waals surface area contributed by atoms with E-state index in [0.29, 0.717) is 16.5 Å². The van der Waals surface area contributed by atoms with Gasteiger partial charge in [0.05, 0.1) is 29.6 Å². The highest BCUT2D eigenvalue weighted by Gasteiger charge is 2.30. The van der Waals surface area contributed by atoms with Gasteiger partial charge in [-0.3, -0.25) is 14.3 Å². The first-order valence-electron chi connectivity index (χ1n) is 6.83. The van der Waals surface area contributed by atoms with E-state index in [2.05, 4.69) is 15.1 Å². The number of nitrogens with zero attached hydrogens (tertiary/aromatic N) is 3. The van der Waals surface area contributed by atoms with Crippen LogP contribution in [0.1, 0.15) is 26.8 Å². The van der Waals surface area contributed by atoms with Gasteiger partial charge >= 0.3 is 6.18 Å². The fourth-order valence-electron chi connectivity index (χ4n) is 2.31. The predicted octanol–water partition coefficient (Wildman–Crippen LogP) is 2.46. The summed E-state index contributed by atoms with van der Waals surface area (Å²) >= 11 is 1.35. The molecule has 0 aliphatic rings. The summed E-state index contributed by atoms with van der Waals surface area (Å²) in [7, 11) is 0. The Hall–Kier alpha value is -2.49. The van der Waals surface area contributed by atoms with Crippen molar-refractivity contribution in [1.82, 2.24) is 19.7 Å². The molecule has 0 amide bonds. The van der Waals surface area contributed by atoms with Crippen LogP contribution in [0, 0.1) is 6.92 Å². The molecule has 3 rings (SSSR count). The highest BCUT2D eigenvalue weighted by molar-refractivity contribution is 7.18. The van der Waals surface area contributed by atoms with E-state index in [1.54, 1.807) is 6.07 Å². The number of rotatable bonds is 4. The minimum Gasteiger partial charge on any atom is -0.308 e. The number of alkyl halides is 3. The summed E-state index contributed by atoms with van der Waals surface area (Å²) in [6.45, 7) is 1.81.